The van der Waals surface area contributed by atoms with Crippen LogP contribution in [0.15, 0.2) is 91.8 Å². The van der Waals surface area contributed by atoms with E-state index in [1.165, 1.54) is 6.08 Å². The summed E-state index contributed by atoms with van der Waals surface area (Å²) in [6.45, 7) is 14.1. The number of hydrogen-bond donors (Lipinski definition) is 4. The molecule has 4 aromatic rings. The third-order valence-corrected chi connectivity index (χ3v) is 11.5. The molecule has 0 saturated heterocycles. The van der Waals surface area contributed by atoms with Crippen LogP contribution in [-0.4, -0.2) is 64.6 Å². The average Bonchev–Trinajstić information content (AvgIpc) is 4.08. The van der Waals surface area contributed by atoms with Gasteiger partial charge in [-0.3, -0.25) is 24.1 Å². The molecule has 15 heteroatoms. The Morgan fingerprint density at radius 3 is 2.18 bits per heavy atom. The number of nitrogens with zero attached hydrogens (tertiary/aromatic N) is 2. The molecule has 4 amide bonds. The van der Waals surface area contributed by atoms with E-state index in [0.717, 1.165) is 16.3 Å². The number of carbonyl (C=O) groups excluding carboxylic acids is 4. The zero-order valence-electron chi connectivity index (χ0n) is 32.8. The van der Waals surface area contributed by atoms with E-state index in [1.807, 2.05) is 42.5 Å². The topological polar surface area (TPSA) is 195 Å². The van der Waals surface area contributed by atoms with E-state index in [2.05, 4.69) is 32.2 Å². The standard InChI is InChI=1S/C42H48N6O8S/c1-8-28-24-42(28,38(51)48-57(53,54)30-17-18-30)47-35(49)33(45-36(50)34(40(2,3)4)46-39(52)56-41(5,6)7)26-13-15-29(16-14-26)55-37-31-12-10-9-11-27(31)23-32(44-37)25-19-21-43-22-20-25/h8-16,19-23,28,30,33-34H,1,17-18,24H2,2-7H3,(H,45,50)(H,46,52)(H,47,49)(H,48,51)/t28-,33+,34-,42-/m1/s1. The second-order valence-electron chi connectivity index (χ2n) is 16.5. The van der Waals surface area contributed by atoms with Crippen LogP contribution < -0.4 is 25.4 Å². The molecule has 2 aliphatic carbocycles. The quantitative estimate of drug-likeness (QED) is 0.119. The Morgan fingerprint density at radius 2 is 1.58 bits per heavy atom. The van der Waals surface area contributed by atoms with Gasteiger partial charge < -0.3 is 25.4 Å². The maximum Gasteiger partial charge on any atom is 0.408 e. The van der Waals surface area contributed by atoms with Crippen LogP contribution in [0, 0.1) is 11.3 Å². The highest BCUT2D eigenvalue weighted by molar-refractivity contribution is 7.91. The van der Waals surface area contributed by atoms with Crippen molar-refractivity contribution in [3.05, 3.63) is 97.3 Å². The predicted octanol–water partition coefficient (Wildman–Crippen LogP) is 5.86. The van der Waals surface area contributed by atoms with Crippen LogP contribution in [0.1, 0.15) is 72.4 Å². The van der Waals surface area contributed by atoms with Gasteiger partial charge in [0.05, 0.1) is 10.9 Å². The van der Waals surface area contributed by atoms with Gasteiger partial charge in [0.25, 0.3) is 5.91 Å². The Bertz CT molecular complexity index is 2300. The first-order valence-corrected chi connectivity index (χ1v) is 20.2. The molecule has 2 fully saturated rings. The summed E-state index contributed by atoms with van der Waals surface area (Å²) in [7, 11) is -3.93. The molecular weight excluding hydrogens is 749 g/mol. The van der Waals surface area contributed by atoms with Crippen molar-refractivity contribution in [1.82, 2.24) is 30.6 Å². The normalized spacial score (nSPS) is 19.0. The number of pyridine rings is 2. The molecule has 0 radical (unpaired) electrons. The van der Waals surface area contributed by atoms with Crippen LogP contribution in [0.25, 0.3) is 22.0 Å². The molecule has 2 aromatic carbocycles. The summed E-state index contributed by atoms with van der Waals surface area (Å²) in [6.07, 6.45) is 4.99. The first-order valence-electron chi connectivity index (χ1n) is 18.7. The summed E-state index contributed by atoms with van der Waals surface area (Å²) >= 11 is 0. The lowest BCUT2D eigenvalue weighted by Crippen LogP contribution is -2.58. The maximum absolute atomic E-state index is 14.3. The maximum atomic E-state index is 14.3. The Labute approximate surface area is 332 Å². The van der Waals surface area contributed by atoms with Gasteiger partial charge in [0, 0.05) is 29.3 Å². The lowest BCUT2D eigenvalue weighted by molar-refractivity contribution is -0.134. The van der Waals surface area contributed by atoms with Gasteiger partial charge in [0.2, 0.25) is 27.7 Å². The molecule has 300 valence electrons. The molecule has 2 aromatic heterocycles. The van der Waals surface area contributed by atoms with Gasteiger partial charge in [0.15, 0.2) is 0 Å². The number of fused-ring (bicyclic) bond motifs is 1. The SMILES string of the molecule is C=C[C@@H]1C[C@]1(NC(=O)[C@@H](NC(=O)[C@@H](NC(=O)OC(C)(C)C)C(C)(C)C)c1ccc(Oc2nc(-c3ccncc3)cc3ccccc23)cc1)C(=O)NS(=O)(=O)C1CC1. The highest BCUT2D eigenvalue weighted by Crippen LogP contribution is 2.45. The third-order valence-electron chi connectivity index (χ3n) is 9.70. The molecule has 6 rings (SSSR count). The molecule has 0 aliphatic heterocycles. The summed E-state index contributed by atoms with van der Waals surface area (Å²) in [5, 5.41) is 9.15. The van der Waals surface area contributed by atoms with Crippen molar-refractivity contribution in [2.24, 2.45) is 11.3 Å². The Morgan fingerprint density at radius 1 is 0.912 bits per heavy atom. The highest BCUT2D eigenvalue weighted by Gasteiger charge is 2.61. The highest BCUT2D eigenvalue weighted by atomic mass is 32.2. The van der Waals surface area contributed by atoms with Gasteiger partial charge in [-0.1, -0.05) is 57.2 Å². The monoisotopic (exact) mass is 796 g/mol. The number of benzene rings is 2. The Balaban J connectivity index is 1.31. The predicted molar refractivity (Wildman–Crippen MR) is 214 cm³/mol. The van der Waals surface area contributed by atoms with Crippen molar-refractivity contribution in [3.8, 4) is 22.9 Å². The summed E-state index contributed by atoms with van der Waals surface area (Å²) in [4.78, 5) is 63.7. The van der Waals surface area contributed by atoms with Crippen LogP contribution >= 0.6 is 0 Å². The fourth-order valence-electron chi connectivity index (χ4n) is 6.39. The van der Waals surface area contributed by atoms with Crippen molar-refractivity contribution in [3.63, 3.8) is 0 Å². The Hall–Kier alpha value is -5.83. The van der Waals surface area contributed by atoms with Crippen molar-refractivity contribution in [2.45, 2.75) is 89.3 Å². The summed E-state index contributed by atoms with van der Waals surface area (Å²) in [5.41, 5.74) is -1.47. The van der Waals surface area contributed by atoms with Crippen molar-refractivity contribution in [2.75, 3.05) is 0 Å². The number of amides is 4. The molecule has 4 atom stereocenters. The number of aromatic nitrogens is 2. The molecule has 0 bridgehead atoms. The number of ether oxygens (including phenoxy) is 2. The minimum Gasteiger partial charge on any atom is -0.444 e. The minimum atomic E-state index is -3.93. The summed E-state index contributed by atoms with van der Waals surface area (Å²) in [6, 6.07) is 17.1. The van der Waals surface area contributed by atoms with E-state index < -0.39 is 73.6 Å². The van der Waals surface area contributed by atoms with Crippen molar-refractivity contribution in [1.29, 1.82) is 0 Å². The number of alkyl carbamates (subject to hydrolysis) is 1. The molecule has 0 unspecified atom stereocenters. The van der Waals surface area contributed by atoms with Gasteiger partial charge in [-0.05, 0) is 92.8 Å². The van der Waals surface area contributed by atoms with E-state index in [1.54, 1.807) is 78.2 Å². The average molecular weight is 797 g/mol. The van der Waals surface area contributed by atoms with E-state index in [-0.39, 0.29) is 6.42 Å². The largest absolute Gasteiger partial charge is 0.444 e. The van der Waals surface area contributed by atoms with Crippen molar-refractivity contribution < 1.29 is 37.1 Å². The second-order valence-corrected chi connectivity index (χ2v) is 18.5. The summed E-state index contributed by atoms with van der Waals surface area (Å²) < 4.78 is 39.4. The number of hydrogen-bond acceptors (Lipinski definition) is 10. The smallest absolute Gasteiger partial charge is 0.408 e. The van der Waals surface area contributed by atoms with Gasteiger partial charge in [-0.25, -0.2) is 18.2 Å². The zero-order valence-corrected chi connectivity index (χ0v) is 33.6. The number of rotatable bonds is 13. The van der Waals surface area contributed by atoms with Gasteiger partial charge in [0.1, 0.15) is 29.0 Å². The molecule has 2 aliphatic rings. The first kappa shape index (κ1) is 40.8. The van der Waals surface area contributed by atoms with Gasteiger partial charge >= 0.3 is 6.09 Å². The Kier molecular flexibility index (Phi) is 11.2. The van der Waals surface area contributed by atoms with E-state index in [4.69, 9.17) is 14.5 Å². The van der Waals surface area contributed by atoms with Crippen LogP contribution in [0.5, 0.6) is 11.6 Å². The van der Waals surface area contributed by atoms with Crippen LogP contribution in [-0.2, 0) is 29.1 Å². The molecule has 14 nitrogen and oxygen atoms in total. The fraction of sp³-hybridized carbons (Fsp3) is 0.381. The lowest BCUT2D eigenvalue weighted by Gasteiger charge is -2.33. The van der Waals surface area contributed by atoms with Gasteiger partial charge in [-0.15, -0.1) is 6.58 Å². The fourth-order valence-corrected chi connectivity index (χ4v) is 7.75. The molecule has 57 heavy (non-hydrogen) atoms. The van der Waals surface area contributed by atoms with E-state index in [0.29, 0.717) is 35.7 Å². The van der Waals surface area contributed by atoms with Crippen molar-refractivity contribution >= 4 is 44.6 Å². The molecular formula is C42H48N6O8S. The molecule has 2 heterocycles. The lowest BCUT2D eigenvalue weighted by atomic mass is 9.86. The summed E-state index contributed by atoms with van der Waals surface area (Å²) in [5.74, 6) is -2.22. The van der Waals surface area contributed by atoms with E-state index >= 15 is 0 Å². The third kappa shape index (κ3) is 9.59. The zero-order chi connectivity index (χ0) is 41.3. The minimum absolute atomic E-state index is 0.103. The number of carbonyl (C=O) groups is 4. The number of nitrogens with one attached hydrogen (secondary N) is 4. The van der Waals surface area contributed by atoms with Crippen LogP contribution in [0.3, 0.4) is 0 Å². The second kappa shape index (κ2) is 15.6. The van der Waals surface area contributed by atoms with Crippen LogP contribution in [0.4, 0.5) is 4.79 Å². The van der Waals surface area contributed by atoms with Gasteiger partial charge in [-0.2, -0.15) is 0 Å². The first-order chi connectivity index (χ1) is 26.8. The molecule has 0 spiro atoms. The van der Waals surface area contributed by atoms with E-state index in [9.17, 15) is 27.6 Å². The molecule has 2 saturated carbocycles. The number of sulfonamides is 1. The van der Waals surface area contributed by atoms with Crippen LogP contribution in [0.2, 0.25) is 0 Å². The molecule has 4 N–H and O–H groups in total.